The maximum Gasteiger partial charge on any atom is 0.253 e. The van der Waals surface area contributed by atoms with Crippen LogP contribution in [0.3, 0.4) is 0 Å². The molecule has 0 fully saturated rings. The zero-order chi connectivity index (χ0) is 17.5. The molecule has 0 bridgehead atoms. The van der Waals surface area contributed by atoms with Crippen molar-refractivity contribution in [1.82, 2.24) is 15.0 Å². The average molecular weight is 333 g/mol. The smallest absolute Gasteiger partial charge is 0.253 e. The number of rotatable bonds is 5. The number of pyridine rings is 2. The van der Waals surface area contributed by atoms with Crippen LogP contribution in [0.1, 0.15) is 25.4 Å². The highest BCUT2D eigenvalue weighted by Gasteiger charge is 2.12. The number of fused-ring (bicyclic) bond motifs is 1. The minimum absolute atomic E-state index is 0.112. The fraction of sp³-hybridized carbons (Fsp3) is 0.312. The second-order valence-corrected chi connectivity index (χ2v) is 4.65. The fourth-order valence-corrected chi connectivity index (χ4v) is 2.07. The summed E-state index contributed by atoms with van der Waals surface area (Å²) in [7, 11) is 0. The van der Waals surface area contributed by atoms with E-state index in [0.29, 0.717) is 35.8 Å². The maximum absolute atomic E-state index is 13.6. The molecule has 0 atom stereocenters. The molecule has 0 aromatic carbocycles. The number of nitrogens with one attached hydrogen (secondary N) is 2. The van der Waals surface area contributed by atoms with E-state index in [-0.39, 0.29) is 17.8 Å². The molecule has 0 saturated carbocycles. The van der Waals surface area contributed by atoms with Crippen LogP contribution in [0.4, 0.5) is 10.2 Å². The predicted octanol–water partition coefficient (Wildman–Crippen LogP) is 2.19. The van der Waals surface area contributed by atoms with E-state index in [1.807, 2.05) is 13.8 Å². The van der Waals surface area contributed by atoms with E-state index < -0.39 is 5.82 Å². The van der Waals surface area contributed by atoms with Crippen molar-refractivity contribution in [2.45, 2.75) is 26.8 Å². The molecule has 7 nitrogen and oxygen atoms in total. The second kappa shape index (κ2) is 8.21. The van der Waals surface area contributed by atoms with Crippen molar-refractivity contribution in [3.63, 3.8) is 0 Å². The number of hydrogen-bond acceptors (Lipinski definition) is 6. The second-order valence-electron chi connectivity index (χ2n) is 4.65. The van der Waals surface area contributed by atoms with Gasteiger partial charge in [0, 0.05) is 25.2 Å². The van der Waals surface area contributed by atoms with Crippen LogP contribution in [0.5, 0.6) is 0 Å². The lowest BCUT2D eigenvalue weighted by Crippen LogP contribution is -2.11. The number of aromatic amines is 1. The molecule has 128 valence electrons. The molecule has 0 aliphatic heterocycles. The van der Waals surface area contributed by atoms with Gasteiger partial charge in [0.05, 0.1) is 12.2 Å². The van der Waals surface area contributed by atoms with Crippen LogP contribution in [-0.4, -0.2) is 21.5 Å². The van der Waals surface area contributed by atoms with Crippen molar-refractivity contribution in [3.05, 3.63) is 52.2 Å². The van der Waals surface area contributed by atoms with Gasteiger partial charge in [-0.2, -0.15) is 0 Å². The van der Waals surface area contributed by atoms with Gasteiger partial charge in [-0.25, -0.2) is 9.37 Å². The maximum atomic E-state index is 13.6. The molecule has 4 N–H and O–H groups in total. The molecule has 0 spiro atoms. The first-order chi connectivity index (χ1) is 11.7. The Morgan fingerprint density at radius 2 is 2.21 bits per heavy atom. The third-order valence-electron chi connectivity index (χ3n) is 3.07. The first kappa shape index (κ1) is 17.6. The SMILES string of the molecule is CC.NCCc1nc2c(NCc3ncccc3F)[nH]c(=O)cc2o1. The van der Waals surface area contributed by atoms with Crippen LogP contribution in [0, 0.1) is 5.82 Å². The van der Waals surface area contributed by atoms with Crippen LogP contribution in [0.25, 0.3) is 11.1 Å². The highest BCUT2D eigenvalue weighted by Crippen LogP contribution is 2.20. The van der Waals surface area contributed by atoms with Gasteiger partial charge < -0.3 is 20.5 Å². The monoisotopic (exact) mass is 333 g/mol. The van der Waals surface area contributed by atoms with Crippen LogP contribution in [0.2, 0.25) is 0 Å². The number of halogens is 1. The first-order valence-corrected chi connectivity index (χ1v) is 7.73. The lowest BCUT2D eigenvalue weighted by atomic mass is 10.3. The zero-order valence-corrected chi connectivity index (χ0v) is 13.6. The molecule has 0 aliphatic rings. The molecule has 0 saturated heterocycles. The van der Waals surface area contributed by atoms with E-state index in [2.05, 4.69) is 20.3 Å². The van der Waals surface area contributed by atoms with Crippen LogP contribution in [-0.2, 0) is 13.0 Å². The van der Waals surface area contributed by atoms with E-state index >= 15 is 0 Å². The number of nitrogens with two attached hydrogens (primary N) is 1. The molecule has 3 heterocycles. The van der Waals surface area contributed by atoms with Crippen molar-refractivity contribution in [3.8, 4) is 0 Å². The van der Waals surface area contributed by atoms with Crippen molar-refractivity contribution in [2.24, 2.45) is 5.73 Å². The van der Waals surface area contributed by atoms with Crippen LogP contribution >= 0.6 is 0 Å². The third kappa shape index (κ3) is 3.96. The van der Waals surface area contributed by atoms with Gasteiger partial charge in [0.2, 0.25) is 0 Å². The zero-order valence-electron chi connectivity index (χ0n) is 13.6. The normalized spacial score (nSPS) is 10.3. The van der Waals surface area contributed by atoms with Gasteiger partial charge in [-0.05, 0) is 12.1 Å². The molecule has 0 aliphatic carbocycles. The number of oxazole rings is 1. The predicted molar refractivity (Wildman–Crippen MR) is 90.3 cm³/mol. The van der Waals surface area contributed by atoms with E-state index in [0.717, 1.165) is 0 Å². The Balaban J connectivity index is 0.00000100. The van der Waals surface area contributed by atoms with Crippen molar-refractivity contribution in [2.75, 3.05) is 11.9 Å². The van der Waals surface area contributed by atoms with Crippen molar-refractivity contribution < 1.29 is 8.81 Å². The summed E-state index contributed by atoms with van der Waals surface area (Å²) in [5.41, 5.74) is 6.20. The van der Waals surface area contributed by atoms with E-state index in [9.17, 15) is 9.18 Å². The van der Waals surface area contributed by atoms with Gasteiger partial charge in [0.1, 0.15) is 17.2 Å². The molecular formula is C16H20FN5O2. The molecule has 24 heavy (non-hydrogen) atoms. The van der Waals surface area contributed by atoms with Gasteiger partial charge >= 0.3 is 0 Å². The Bertz CT molecular complexity index is 859. The number of anilines is 1. The molecule has 8 heteroatoms. The molecule has 0 unspecified atom stereocenters. The van der Waals surface area contributed by atoms with Gasteiger partial charge in [0.15, 0.2) is 11.5 Å². The van der Waals surface area contributed by atoms with E-state index in [1.165, 1.54) is 24.4 Å². The van der Waals surface area contributed by atoms with Gasteiger partial charge in [0.25, 0.3) is 5.56 Å². The highest BCUT2D eigenvalue weighted by molar-refractivity contribution is 5.83. The summed E-state index contributed by atoms with van der Waals surface area (Å²) in [6.07, 6.45) is 1.97. The number of nitrogens with zero attached hydrogens (tertiary/aromatic N) is 2. The molecule has 3 aromatic heterocycles. The summed E-state index contributed by atoms with van der Waals surface area (Å²) in [4.78, 5) is 22.5. The lowest BCUT2D eigenvalue weighted by molar-refractivity contribution is 0.531. The first-order valence-electron chi connectivity index (χ1n) is 7.73. The topological polar surface area (TPSA) is 110 Å². The number of aromatic nitrogens is 3. The van der Waals surface area contributed by atoms with E-state index in [4.69, 9.17) is 10.2 Å². The van der Waals surface area contributed by atoms with Gasteiger partial charge in [-0.15, -0.1) is 0 Å². The summed E-state index contributed by atoms with van der Waals surface area (Å²) in [5, 5.41) is 2.93. The Hall–Kier alpha value is -2.74. The Labute approximate surface area is 138 Å². The molecular weight excluding hydrogens is 313 g/mol. The number of hydrogen-bond donors (Lipinski definition) is 3. The Kier molecular flexibility index (Phi) is 6.02. The molecule has 3 rings (SSSR count). The summed E-state index contributed by atoms with van der Waals surface area (Å²) in [6.45, 7) is 4.50. The largest absolute Gasteiger partial charge is 0.440 e. The van der Waals surface area contributed by atoms with Crippen LogP contribution < -0.4 is 16.6 Å². The molecule has 0 amide bonds. The van der Waals surface area contributed by atoms with E-state index in [1.54, 1.807) is 0 Å². The van der Waals surface area contributed by atoms with Crippen molar-refractivity contribution >= 4 is 16.9 Å². The standard InChI is InChI=1S/C14H14FN5O2.C2H6/c15-8-2-1-5-17-9(8)7-18-14-13-10(6-11(21)19-14)22-12(20-13)3-4-16;1-2/h1-2,5-6H,3-4,7,16H2,(H2,18,19,21);1-2H3. The third-order valence-corrected chi connectivity index (χ3v) is 3.07. The minimum Gasteiger partial charge on any atom is -0.440 e. The fourth-order valence-electron chi connectivity index (χ4n) is 2.07. The molecule has 3 aromatic rings. The Morgan fingerprint density at radius 3 is 2.92 bits per heavy atom. The summed E-state index contributed by atoms with van der Waals surface area (Å²) in [6, 6.07) is 4.15. The minimum atomic E-state index is -0.423. The lowest BCUT2D eigenvalue weighted by Gasteiger charge is -2.06. The quantitative estimate of drug-likeness (QED) is 0.660. The van der Waals surface area contributed by atoms with Crippen LogP contribution in [0.15, 0.2) is 33.6 Å². The number of H-pyrrole nitrogens is 1. The van der Waals surface area contributed by atoms with Gasteiger partial charge in [-0.3, -0.25) is 9.78 Å². The highest BCUT2D eigenvalue weighted by atomic mass is 19.1. The van der Waals surface area contributed by atoms with Gasteiger partial charge in [-0.1, -0.05) is 13.8 Å². The summed E-state index contributed by atoms with van der Waals surface area (Å²) in [5.74, 6) is 0.386. The van der Waals surface area contributed by atoms with Crippen molar-refractivity contribution in [1.29, 1.82) is 0 Å². The molecule has 0 radical (unpaired) electrons. The average Bonchev–Trinajstić information content (AvgIpc) is 2.98. The summed E-state index contributed by atoms with van der Waals surface area (Å²) < 4.78 is 19.0. The Morgan fingerprint density at radius 1 is 1.42 bits per heavy atom. The summed E-state index contributed by atoms with van der Waals surface area (Å²) >= 11 is 0.